The summed E-state index contributed by atoms with van der Waals surface area (Å²) in [6, 6.07) is 7.13. The molecule has 1 heterocycles. The quantitative estimate of drug-likeness (QED) is 0.875. The molecule has 5 nitrogen and oxygen atoms in total. The highest BCUT2D eigenvalue weighted by molar-refractivity contribution is 5.38. The van der Waals surface area contributed by atoms with Crippen LogP contribution >= 0.6 is 0 Å². The van der Waals surface area contributed by atoms with E-state index in [1.807, 2.05) is 24.3 Å². The Bertz CT molecular complexity index is 510. The van der Waals surface area contributed by atoms with Crippen molar-refractivity contribution < 1.29 is 9.26 Å². The van der Waals surface area contributed by atoms with Gasteiger partial charge in [0.15, 0.2) is 5.82 Å². The lowest BCUT2D eigenvalue weighted by atomic mass is 10.1. The van der Waals surface area contributed by atoms with Crippen LogP contribution in [0.15, 0.2) is 28.8 Å². The van der Waals surface area contributed by atoms with Crippen molar-refractivity contribution in [3.63, 3.8) is 0 Å². The van der Waals surface area contributed by atoms with Crippen molar-refractivity contribution in [3.8, 4) is 5.75 Å². The van der Waals surface area contributed by atoms with Crippen LogP contribution in [-0.4, -0.2) is 17.3 Å². The maximum Gasteiger partial charge on any atom is 0.226 e. The number of rotatable bonds is 5. The number of benzene rings is 1. The fourth-order valence-corrected chi connectivity index (χ4v) is 1.77. The Hall–Kier alpha value is -1.88. The van der Waals surface area contributed by atoms with Crippen molar-refractivity contribution in [3.05, 3.63) is 41.5 Å². The molecule has 2 N–H and O–H groups in total. The fraction of sp³-hybridized carbons (Fsp3) is 0.385. The van der Waals surface area contributed by atoms with Crippen LogP contribution < -0.4 is 10.5 Å². The summed E-state index contributed by atoms with van der Waals surface area (Å²) in [6.07, 6.45) is 1.73. The molecule has 0 spiro atoms. The Balaban J connectivity index is 2.26. The number of aryl methyl sites for hydroxylation is 1. The molecule has 5 heteroatoms. The Morgan fingerprint density at radius 2 is 2.17 bits per heavy atom. The lowest BCUT2D eigenvalue weighted by Crippen LogP contribution is -2.14. The first-order valence-corrected chi connectivity index (χ1v) is 5.97. The number of para-hydroxylation sites is 1. The lowest BCUT2D eigenvalue weighted by Gasteiger charge is -2.11. The molecule has 0 aliphatic rings. The summed E-state index contributed by atoms with van der Waals surface area (Å²) in [4.78, 5) is 4.29. The largest absolute Gasteiger partial charge is 0.496 e. The molecular formula is C13H17N3O2. The molecule has 1 atom stereocenters. The molecule has 0 fully saturated rings. The van der Waals surface area contributed by atoms with E-state index in [9.17, 15) is 0 Å². The number of nitrogens with two attached hydrogens (primary N) is 1. The van der Waals surface area contributed by atoms with Gasteiger partial charge in [0, 0.05) is 12.0 Å². The maximum absolute atomic E-state index is 6.14. The van der Waals surface area contributed by atoms with Gasteiger partial charge in [-0.05, 0) is 12.5 Å². The average molecular weight is 247 g/mol. The van der Waals surface area contributed by atoms with Gasteiger partial charge in [-0.25, -0.2) is 0 Å². The van der Waals surface area contributed by atoms with Gasteiger partial charge in [-0.15, -0.1) is 0 Å². The van der Waals surface area contributed by atoms with Gasteiger partial charge < -0.3 is 15.0 Å². The number of hydrogen-bond acceptors (Lipinski definition) is 5. The normalized spacial score (nSPS) is 12.4. The van der Waals surface area contributed by atoms with Gasteiger partial charge in [-0.3, -0.25) is 0 Å². The molecule has 18 heavy (non-hydrogen) atoms. The summed E-state index contributed by atoms with van der Waals surface area (Å²) < 4.78 is 10.4. The van der Waals surface area contributed by atoms with Crippen molar-refractivity contribution in [2.24, 2.45) is 5.73 Å². The molecule has 0 aliphatic carbocycles. The molecule has 1 unspecified atom stereocenters. The van der Waals surface area contributed by atoms with Crippen molar-refractivity contribution in [2.45, 2.75) is 25.8 Å². The topological polar surface area (TPSA) is 74.2 Å². The first-order valence-electron chi connectivity index (χ1n) is 5.97. The monoisotopic (exact) mass is 247 g/mol. The van der Waals surface area contributed by atoms with Gasteiger partial charge in [0.2, 0.25) is 5.89 Å². The Kier molecular flexibility index (Phi) is 3.94. The highest BCUT2D eigenvalue weighted by atomic mass is 16.5. The number of methoxy groups -OCH3 is 1. The second-order valence-corrected chi connectivity index (χ2v) is 4.02. The second kappa shape index (κ2) is 5.64. The first-order chi connectivity index (χ1) is 8.76. The SMILES string of the molecule is CCCc1nc(C(N)c2ccccc2OC)no1. The summed E-state index contributed by atoms with van der Waals surface area (Å²) in [5, 5.41) is 3.92. The molecule has 2 rings (SSSR count). The van der Waals surface area contributed by atoms with Gasteiger partial charge in [0.05, 0.1) is 13.2 Å². The van der Waals surface area contributed by atoms with Crippen LogP contribution in [0.25, 0.3) is 0 Å². The summed E-state index contributed by atoms with van der Waals surface area (Å²) in [6.45, 7) is 2.06. The molecule has 0 bridgehead atoms. The van der Waals surface area contributed by atoms with E-state index in [4.69, 9.17) is 15.0 Å². The smallest absolute Gasteiger partial charge is 0.226 e. The van der Waals surface area contributed by atoms with Crippen LogP contribution in [0.5, 0.6) is 5.75 Å². The van der Waals surface area contributed by atoms with Crippen LogP contribution in [0.3, 0.4) is 0 Å². The highest BCUT2D eigenvalue weighted by Crippen LogP contribution is 2.26. The molecule has 0 saturated carbocycles. The zero-order valence-corrected chi connectivity index (χ0v) is 10.6. The minimum absolute atomic E-state index is 0.435. The van der Waals surface area contributed by atoms with Crippen LogP contribution in [-0.2, 0) is 6.42 Å². The Morgan fingerprint density at radius 1 is 1.39 bits per heavy atom. The third kappa shape index (κ3) is 2.51. The van der Waals surface area contributed by atoms with Crippen molar-refractivity contribution in [1.82, 2.24) is 10.1 Å². The predicted molar refractivity (Wildman–Crippen MR) is 67.3 cm³/mol. The van der Waals surface area contributed by atoms with Crippen molar-refractivity contribution in [1.29, 1.82) is 0 Å². The summed E-state index contributed by atoms with van der Waals surface area (Å²) in [5.74, 6) is 1.84. The van der Waals surface area contributed by atoms with Gasteiger partial charge in [-0.2, -0.15) is 4.98 Å². The third-order valence-corrected chi connectivity index (χ3v) is 2.70. The van der Waals surface area contributed by atoms with Crippen LogP contribution in [0.2, 0.25) is 0 Å². The Morgan fingerprint density at radius 3 is 2.89 bits per heavy atom. The standard InChI is InChI=1S/C13H17N3O2/c1-3-6-11-15-13(16-18-11)12(14)9-7-4-5-8-10(9)17-2/h4-5,7-8,12H,3,6,14H2,1-2H3. The summed E-state index contributed by atoms with van der Waals surface area (Å²) in [5.41, 5.74) is 6.99. The van der Waals surface area contributed by atoms with Crippen molar-refractivity contribution in [2.75, 3.05) is 7.11 Å². The van der Waals surface area contributed by atoms with E-state index < -0.39 is 6.04 Å². The molecule has 2 aromatic rings. The van der Waals surface area contributed by atoms with E-state index in [0.29, 0.717) is 11.7 Å². The molecule has 0 amide bonds. The molecule has 0 saturated heterocycles. The van der Waals surface area contributed by atoms with Gasteiger partial charge in [-0.1, -0.05) is 30.3 Å². The number of aromatic nitrogens is 2. The molecule has 96 valence electrons. The van der Waals surface area contributed by atoms with Crippen molar-refractivity contribution >= 4 is 0 Å². The molecule has 1 aromatic carbocycles. The fourth-order valence-electron chi connectivity index (χ4n) is 1.77. The molecule has 0 aliphatic heterocycles. The summed E-state index contributed by atoms with van der Waals surface area (Å²) >= 11 is 0. The van der Waals surface area contributed by atoms with E-state index in [1.165, 1.54) is 0 Å². The zero-order chi connectivity index (χ0) is 13.0. The van der Waals surface area contributed by atoms with Crippen LogP contribution in [0.4, 0.5) is 0 Å². The van der Waals surface area contributed by atoms with E-state index in [-0.39, 0.29) is 0 Å². The van der Waals surface area contributed by atoms with E-state index in [2.05, 4.69) is 17.1 Å². The highest BCUT2D eigenvalue weighted by Gasteiger charge is 2.19. The van der Waals surface area contributed by atoms with Crippen LogP contribution in [0.1, 0.15) is 36.7 Å². The van der Waals surface area contributed by atoms with Gasteiger partial charge >= 0.3 is 0 Å². The summed E-state index contributed by atoms with van der Waals surface area (Å²) in [7, 11) is 1.62. The van der Waals surface area contributed by atoms with E-state index in [1.54, 1.807) is 7.11 Å². The van der Waals surface area contributed by atoms with E-state index >= 15 is 0 Å². The first kappa shape index (κ1) is 12.6. The number of hydrogen-bond donors (Lipinski definition) is 1. The number of nitrogens with zero attached hydrogens (tertiary/aromatic N) is 2. The molecular weight excluding hydrogens is 230 g/mol. The van der Waals surface area contributed by atoms with E-state index in [0.717, 1.165) is 24.2 Å². The van der Waals surface area contributed by atoms with Crippen LogP contribution in [0, 0.1) is 0 Å². The molecule has 0 radical (unpaired) electrons. The minimum Gasteiger partial charge on any atom is -0.496 e. The maximum atomic E-state index is 6.14. The predicted octanol–water partition coefficient (Wildman–Crippen LogP) is 2.08. The average Bonchev–Trinajstić information content (AvgIpc) is 2.87. The molecule has 1 aromatic heterocycles. The van der Waals surface area contributed by atoms with Gasteiger partial charge in [0.1, 0.15) is 5.75 Å². The minimum atomic E-state index is -0.435. The Labute approximate surface area is 106 Å². The zero-order valence-electron chi connectivity index (χ0n) is 10.6. The van der Waals surface area contributed by atoms with Gasteiger partial charge in [0.25, 0.3) is 0 Å². The second-order valence-electron chi connectivity index (χ2n) is 4.02. The third-order valence-electron chi connectivity index (χ3n) is 2.70. The lowest BCUT2D eigenvalue weighted by molar-refractivity contribution is 0.369. The number of ether oxygens (including phenoxy) is 1.